The third-order valence-corrected chi connectivity index (χ3v) is 5.03. The number of unbranched alkanes of at least 4 members (excludes halogenated alkanes) is 3. The van der Waals surface area contributed by atoms with Gasteiger partial charge in [-0.3, -0.25) is 4.98 Å². The van der Waals surface area contributed by atoms with E-state index in [1.165, 1.54) is 19.3 Å². The van der Waals surface area contributed by atoms with Crippen molar-refractivity contribution in [1.82, 2.24) is 4.98 Å². The highest BCUT2D eigenvalue weighted by atomic mass is 14.7. The Hall–Kier alpha value is -2.28. The molecule has 0 saturated carbocycles. The van der Waals surface area contributed by atoms with Crippen LogP contribution >= 0.6 is 0 Å². The Morgan fingerprint density at radius 3 is 2.07 bits per heavy atom. The van der Waals surface area contributed by atoms with E-state index in [9.17, 15) is 0 Å². The highest BCUT2D eigenvalue weighted by molar-refractivity contribution is 6.40. The average molecular weight is 349 g/mol. The van der Waals surface area contributed by atoms with E-state index in [2.05, 4.69) is 48.3 Å². The molecule has 3 heteroatoms. The Kier molecular flexibility index (Phi) is 6.55. The second kappa shape index (κ2) is 9.08. The summed E-state index contributed by atoms with van der Waals surface area (Å²) in [7, 11) is 12.7. The molecule has 1 nitrogen and oxygen atoms in total. The third kappa shape index (κ3) is 5.13. The van der Waals surface area contributed by atoms with Gasteiger partial charge in [0.25, 0.3) is 0 Å². The van der Waals surface area contributed by atoms with E-state index in [0.717, 1.165) is 40.8 Å². The Morgan fingerprint density at radius 1 is 0.741 bits per heavy atom. The second-order valence-corrected chi connectivity index (χ2v) is 7.23. The molecule has 3 aromatic rings. The van der Waals surface area contributed by atoms with Gasteiger partial charge in [-0.1, -0.05) is 110 Å². The van der Waals surface area contributed by atoms with Gasteiger partial charge in [0.1, 0.15) is 0 Å². The molecule has 0 N–H and O–H groups in total. The van der Waals surface area contributed by atoms with Crippen LogP contribution in [-0.2, 0) is 5.21 Å². The molecule has 0 unspecified atom stereocenters. The lowest BCUT2D eigenvalue weighted by Gasteiger charge is -2.26. The van der Waals surface area contributed by atoms with E-state index < -0.39 is 5.21 Å². The van der Waals surface area contributed by atoms with Gasteiger partial charge >= 0.3 is 0 Å². The number of nitrogens with zero attached hydrogens (tertiary/aromatic N) is 1. The summed E-state index contributed by atoms with van der Waals surface area (Å²) < 4.78 is 0. The number of hydrogen-bond donors (Lipinski definition) is 0. The fraction of sp³-hybridized carbons (Fsp3) is 0.292. The minimum Gasteiger partial charge on any atom is -0.256 e. The van der Waals surface area contributed by atoms with Gasteiger partial charge in [-0.25, -0.2) is 0 Å². The van der Waals surface area contributed by atoms with Gasteiger partial charge in [0.05, 0.1) is 21.4 Å². The SMILES string of the molecule is [B]C([B])(CCCCCC)c1ccc(-c2ccc(-c3ccccc3)nc2)cc1. The van der Waals surface area contributed by atoms with E-state index in [-0.39, 0.29) is 0 Å². The Labute approximate surface area is 166 Å². The van der Waals surface area contributed by atoms with Crippen LogP contribution in [-0.4, -0.2) is 20.7 Å². The van der Waals surface area contributed by atoms with Crippen LogP contribution in [0.2, 0.25) is 0 Å². The van der Waals surface area contributed by atoms with Crippen LogP contribution in [0.1, 0.15) is 44.6 Å². The molecule has 0 bridgehead atoms. The van der Waals surface area contributed by atoms with Crippen molar-refractivity contribution in [2.45, 2.75) is 44.2 Å². The van der Waals surface area contributed by atoms with Gasteiger partial charge in [0.2, 0.25) is 0 Å². The van der Waals surface area contributed by atoms with E-state index in [4.69, 9.17) is 15.7 Å². The molecule has 0 saturated heterocycles. The van der Waals surface area contributed by atoms with Crippen LogP contribution in [0.25, 0.3) is 22.4 Å². The van der Waals surface area contributed by atoms with Gasteiger partial charge in [-0.15, -0.1) is 0 Å². The molecule has 0 fully saturated rings. The summed E-state index contributed by atoms with van der Waals surface area (Å²) in [5.74, 6) is 0. The van der Waals surface area contributed by atoms with Gasteiger partial charge in [-0.2, -0.15) is 0 Å². The molecule has 1 heterocycles. The molecular formula is C24H25B2N. The van der Waals surface area contributed by atoms with Crippen molar-refractivity contribution in [3.63, 3.8) is 0 Å². The molecule has 3 rings (SSSR count). The first kappa shape index (κ1) is 19.5. The lowest BCUT2D eigenvalue weighted by molar-refractivity contribution is 0.600. The standard InChI is InChI=1S/C24H25B2N/c1-2-3-4-8-17-24(25,26)22-14-11-19(12-15-22)21-13-16-23(27-18-21)20-9-6-5-7-10-20/h5-7,9-16,18H,2-4,8,17H2,1H3. The molecule has 1 aromatic heterocycles. The van der Waals surface area contributed by atoms with E-state index in [0.29, 0.717) is 0 Å². The maximum absolute atomic E-state index is 6.36. The summed E-state index contributed by atoms with van der Waals surface area (Å²) in [6.45, 7) is 2.21. The van der Waals surface area contributed by atoms with Crippen LogP contribution in [0.4, 0.5) is 0 Å². The van der Waals surface area contributed by atoms with Crippen molar-refractivity contribution in [3.05, 3.63) is 78.5 Å². The topological polar surface area (TPSA) is 12.9 Å². The molecule has 0 amide bonds. The quantitative estimate of drug-likeness (QED) is 0.366. The maximum Gasteiger partial charge on any atom is 0.0702 e. The number of aromatic nitrogens is 1. The lowest BCUT2D eigenvalue weighted by Crippen LogP contribution is -2.26. The molecule has 0 aliphatic rings. The van der Waals surface area contributed by atoms with Crippen molar-refractivity contribution >= 4 is 15.7 Å². The zero-order valence-corrected chi connectivity index (χ0v) is 16.1. The minimum absolute atomic E-state index is 0.762. The number of pyridine rings is 1. The van der Waals surface area contributed by atoms with Crippen molar-refractivity contribution in [3.8, 4) is 22.4 Å². The minimum atomic E-state index is -0.762. The first-order valence-electron chi connectivity index (χ1n) is 9.80. The molecule has 4 radical (unpaired) electrons. The first-order valence-corrected chi connectivity index (χ1v) is 9.80. The molecule has 2 aromatic carbocycles. The molecule has 132 valence electrons. The zero-order valence-electron chi connectivity index (χ0n) is 16.1. The normalized spacial score (nSPS) is 11.4. The Balaban J connectivity index is 1.70. The summed E-state index contributed by atoms with van der Waals surface area (Å²) in [6.07, 6.45) is 7.42. The van der Waals surface area contributed by atoms with Gasteiger partial charge in [-0.05, 0) is 11.6 Å². The summed E-state index contributed by atoms with van der Waals surface area (Å²) in [6, 6.07) is 22.6. The predicted molar refractivity (Wildman–Crippen MR) is 117 cm³/mol. The smallest absolute Gasteiger partial charge is 0.0702 e. The molecule has 0 spiro atoms. The van der Waals surface area contributed by atoms with Gasteiger partial charge in [0, 0.05) is 17.3 Å². The number of rotatable bonds is 8. The monoisotopic (exact) mass is 349 g/mol. The predicted octanol–water partition coefficient (Wildman–Crippen LogP) is 5.88. The molecular weight excluding hydrogens is 324 g/mol. The van der Waals surface area contributed by atoms with Crippen LogP contribution < -0.4 is 0 Å². The average Bonchev–Trinajstić information content (AvgIpc) is 2.72. The summed E-state index contributed by atoms with van der Waals surface area (Å²) in [5.41, 5.74) is 5.29. The Morgan fingerprint density at radius 2 is 1.44 bits per heavy atom. The molecule has 0 aliphatic heterocycles. The fourth-order valence-corrected chi connectivity index (χ4v) is 3.31. The van der Waals surface area contributed by atoms with Crippen molar-refractivity contribution in [2.75, 3.05) is 0 Å². The zero-order chi connectivity index (χ0) is 19.1. The van der Waals surface area contributed by atoms with Crippen molar-refractivity contribution in [1.29, 1.82) is 0 Å². The summed E-state index contributed by atoms with van der Waals surface area (Å²) in [5, 5.41) is -0.762. The van der Waals surface area contributed by atoms with Crippen molar-refractivity contribution < 1.29 is 0 Å². The second-order valence-electron chi connectivity index (χ2n) is 7.23. The number of hydrogen-bond acceptors (Lipinski definition) is 1. The summed E-state index contributed by atoms with van der Waals surface area (Å²) in [4.78, 5) is 4.61. The van der Waals surface area contributed by atoms with E-state index >= 15 is 0 Å². The van der Waals surface area contributed by atoms with E-state index in [1.807, 2.05) is 36.5 Å². The number of benzene rings is 2. The van der Waals surface area contributed by atoms with Crippen LogP contribution in [0, 0.1) is 0 Å². The van der Waals surface area contributed by atoms with Crippen LogP contribution in [0.5, 0.6) is 0 Å². The first-order chi connectivity index (χ1) is 13.1. The van der Waals surface area contributed by atoms with Gasteiger partial charge < -0.3 is 0 Å². The largest absolute Gasteiger partial charge is 0.256 e. The Bertz CT molecular complexity index is 825. The highest BCUT2D eigenvalue weighted by Gasteiger charge is 2.18. The molecule has 27 heavy (non-hydrogen) atoms. The lowest BCUT2D eigenvalue weighted by atomic mass is 9.49. The molecule has 0 atom stereocenters. The van der Waals surface area contributed by atoms with Crippen LogP contribution in [0.3, 0.4) is 0 Å². The summed E-state index contributed by atoms with van der Waals surface area (Å²) >= 11 is 0. The maximum atomic E-state index is 6.36. The fourth-order valence-electron chi connectivity index (χ4n) is 3.31. The third-order valence-electron chi connectivity index (χ3n) is 5.03. The van der Waals surface area contributed by atoms with Crippen LogP contribution in [0.15, 0.2) is 72.9 Å². The highest BCUT2D eigenvalue weighted by Crippen LogP contribution is 2.28. The van der Waals surface area contributed by atoms with Crippen molar-refractivity contribution in [2.24, 2.45) is 0 Å². The molecule has 0 aliphatic carbocycles. The van der Waals surface area contributed by atoms with E-state index in [1.54, 1.807) is 0 Å². The van der Waals surface area contributed by atoms with Gasteiger partial charge in [0.15, 0.2) is 0 Å².